The third-order valence-electron chi connectivity index (χ3n) is 3.10. The van der Waals surface area contributed by atoms with Gasteiger partial charge in [-0.1, -0.05) is 41.4 Å². The van der Waals surface area contributed by atoms with Crippen molar-refractivity contribution in [3.63, 3.8) is 0 Å². The molecule has 0 saturated carbocycles. The molecule has 3 rings (SSSR count). The fourth-order valence-electron chi connectivity index (χ4n) is 2.08. The normalized spacial score (nSPS) is 10.6. The summed E-state index contributed by atoms with van der Waals surface area (Å²) in [7, 11) is 0. The molecule has 0 bridgehead atoms. The largest absolute Gasteiger partial charge is 0.315 e. The van der Waals surface area contributed by atoms with Crippen LogP contribution in [0, 0.1) is 10.1 Å². The SMILES string of the molecule is O=[N+]([O-])c1cn(-c2ccccc2)nc1-c1ccc(Cl)cc1Cl. The van der Waals surface area contributed by atoms with Crippen molar-refractivity contribution in [2.45, 2.75) is 0 Å². The van der Waals surface area contributed by atoms with E-state index in [-0.39, 0.29) is 11.4 Å². The van der Waals surface area contributed by atoms with Crippen molar-refractivity contribution in [3.8, 4) is 16.9 Å². The van der Waals surface area contributed by atoms with Gasteiger partial charge in [0.15, 0.2) is 5.69 Å². The van der Waals surface area contributed by atoms with Gasteiger partial charge >= 0.3 is 5.69 Å². The van der Waals surface area contributed by atoms with Crippen LogP contribution in [0.5, 0.6) is 0 Å². The molecule has 0 unspecified atom stereocenters. The Hall–Kier alpha value is -2.37. The average Bonchev–Trinajstić information content (AvgIpc) is 2.93. The summed E-state index contributed by atoms with van der Waals surface area (Å²) in [5.74, 6) is 0. The highest BCUT2D eigenvalue weighted by Crippen LogP contribution is 2.35. The minimum atomic E-state index is -0.479. The van der Waals surface area contributed by atoms with Gasteiger partial charge in [0.1, 0.15) is 6.20 Å². The van der Waals surface area contributed by atoms with E-state index in [0.717, 1.165) is 5.69 Å². The third kappa shape index (κ3) is 2.68. The number of aromatic nitrogens is 2. The van der Waals surface area contributed by atoms with Crippen LogP contribution in [-0.2, 0) is 0 Å². The fourth-order valence-corrected chi connectivity index (χ4v) is 2.58. The zero-order valence-corrected chi connectivity index (χ0v) is 12.6. The summed E-state index contributed by atoms with van der Waals surface area (Å²) in [6.07, 6.45) is 1.37. The second kappa shape index (κ2) is 5.79. The molecule has 5 nitrogen and oxygen atoms in total. The highest BCUT2D eigenvalue weighted by molar-refractivity contribution is 6.36. The van der Waals surface area contributed by atoms with Gasteiger partial charge in [0.25, 0.3) is 0 Å². The molecule has 0 fully saturated rings. The molecule has 0 saturated heterocycles. The first-order chi connectivity index (χ1) is 10.6. The van der Waals surface area contributed by atoms with Crippen molar-refractivity contribution in [2.24, 2.45) is 0 Å². The minimum absolute atomic E-state index is 0.118. The standard InChI is InChI=1S/C15H9Cl2N3O2/c16-10-6-7-12(13(17)8-10)15-14(20(21)22)9-19(18-15)11-4-2-1-3-5-11/h1-9H. The zero-order valence-electron chi connectivity index (χ0n) is 11.1. The third-order valence-corrected chi connectivity index (χ3v) is 3.65. The van der Waals surface area contributed by atoms with Crippen LogP contribution in [0.4, 0.5) is 5.69 Å². The Labute approximate surface area is 135 Å². The van der Waals surface area contributed by atoms with E-state index in [0.29, 0.717) is 15.6 Å². The van der Waals surface area contributed by atoms with Crippen LogP contribution in [0.25, 0.3) is 16.9 Å². The molecule has 0 N–H and O–H groups in total. The van der Waals surface area contributed by atoms with E-state index in [1.165, 1.54) is 16.9 Å². The zero-order chi connectivity index (χ0) is 15.7. The van der Waals surface area contributed by atoms with E-state index < -0.39 is 4.92 Å². The Morgan fingerprint density at radius 2 is 1.82 bits per heavy atom. The Balaban J connectivity index is 2.18. The lowest BCUT2D eigenvalue weighted by atomic mass is 10.1. The Bertz CT molecular complexity index is 847. The maximum Gasteiger partial charge on any atom is 0.315 e. The lowest BCUT2D eigenvalue weighted by molar-refractivity contribution is -0.384. The van der Waals surface area contributed by atoms with Crippen LogP contribution in [0.1, 0.15) is 0 Å². The highest BCUT2D eigenvalue weighted by atomic mass is 35.5. The Kier molecular flexibility index (Phi) is 3.83. The molecule has 2 aromatic carbocycles. The summed E-state index contributed by atoms with van der Waals surface area (Å²) >= 11 is 12.0. The molecule has 110 valence electrons. The predicted octanol–water partition coefficient (Wildman–Crippen LogP) is 4.75. The molecule has 0 radical (unpaired) electrons. The number of nitrogens with zero attached hydrogens (tertiary/aromatic N) is 3. The molecule has 1 heterocycles. The molecular weight excluding hydrogens is 325 g/mol. The number of rotatable bonds is 3. The first-order valence-corrected chi connectivity index (χ1v) is 7.07. The van der Waals surface area contributed by atoms with E-state index >= 15 is 0 Å². The van der Waals surface area contributed by atoms with Crippen LogP contribution in [0.15, 0.2) is 54.7 Å². The predicted molar refractivity (Wildman–Crippen MR) is 85.7 cm³/mol. The number of hydrogen-bond donors (Lipinski definition) is 0. The Morgan fingerprint density at radius 1 is 1.09 bits per heavy atom. The van der Waals surface area contributed by atoms with Crippen LogP contribution in [0.2, 0.25) is 10.0 Å². The second-order valence-electron chi connectivity index (χ2n) is 4.52. The lowest BCUT2D eigenvalue weighted by Gasteiger charge is -2.02. The second-order valence-corrected chi connectivity index (χ2v) is 5.37. The van der Waals surface area contributed by atoms with Crippen molar-refractivity contribution in [3.05, 3.63) is 74.9 Å². The van der Waals surface area contributed by atoms with Crippen molar-refractivity contribution in [1.82, 2.24) is 9.78 Å². The fraction of sp³-hybridized carbons (Fsp3) is 0. The van der Waals surface area contributed by atoms with Gasteiger partial charge in [-0.2, -0.15) is 5.10 Å². The van der Waals surface area contributed by atoms with Gasteiger partial charge in [-0.15, -0.1) is 0 Å². The van der Waals surface area contributed by atoms with Crippen molar-refractivity contribution >= 4 is 28.9 Å². The van der Waals surface area contributed by atoms with E-state index in [9.17, 15) is 10.1 Å². The maximum absolute atomic E-state index is 11.3. The number of benzene rings is 2. The van der Waals surface area contributed by atoms with Crippen molar-refractivity contribution in [1.29, 1.82) is 0 Å². The van der Waals surface area contributed by atoms with Crippen LogP contribution < -0.4 is 0 Å². The van der Waals surface area contributed by atoms with Crippen molar-refractivity contribution in [2.75, 3.05) is 0 Å². The first-order valence-electron chi connectivity index (χ1n) is 6.31. The quantitative estimate of drug-likeness (QED) is 0.513. The molecule has 0 aliphatic heterocycles. The monoisotopic (exact) mass is 333 g/mol. The van der Waals surface area contributed by atoms with Gasteiger partial charge in [0.05, 0.1) is 15.6 Å². The van der Waals surface area contributed by atoms with Gasteiger partial charge in [0.2, 0.25) is 0 Å². The maximum atomic E-state index is 11.3. The summed E-state index contributed by atoms with van der Waals surface area (Å²) in [4.78, 5) is 10.8. The van der Waals surface area contributed by atoms with E-state index in [1.807, 2.05) is 30.3 Å². The molecular formula is C15H9Cl2N3O2. The number of hydrogen-bond acceptors (Lipinski definition) is 3. The molecule has 0 aliphatic rings. The molecule has 22 heavy (non-hydrogen) atoms. The average molecular weight is 334 g/mol. The summed E-state index contributed by atoms with van der Waals surface area (Å²) in [6, 6.07) is 13.9. The van der Waals surface area contributed by atoms with Gasteiger partial charge in [-0.05, 0) is 30.3 Å². The van der Waals surface area contributed by atoms with Crippen molar-refractivity contribution < 1.29 is 4.92 Å². The molecule has 1 aromatic heterocycles. The minimum Gasteiger partial charge on any atom is -0.258 e. The summed E-state index contributed by atoms with van der Waals surface area (Å²) in [6.45, 7) is 0. The molecule has 0 spiro atoms. The smallest absolute Gasteiger partial charge is 0.258 e. The summed E-state index contributed by atoms with van der Waals surface area (Å²) in [5, 5.41) is 16.4. The van der Waals surface area contributed by atoms with Crippen LogP contribution in [0.3, 0.4) is 0 Å². The van der Waals surface area contributed by atoms with Gasteiger partial charge in [0, 0.05) is 10.6 Å². The molecule has 0 atom stereocenters. The summed E-state index contributed by atoms with van der Waals surface area (Å²) < 4.78 is 1.46. The molecule has 0 amide bonds. The van der Waals surface area contributed by atoms with E-state index in [4.69, 9.17) is 23.2 Å². The number of para-hydroxylation sites is 1. The first kappa shape index (κ1) is 14.6. The number of halogens is 2. The lowest BCUT2D eigenvalue weighted by Crippen LogP contribution is -1.94. The van der Waals surface area contributed by atoms with Crippen LogP contribution >= 0.6 is 23.2 Å². The molecule has 7 heteroatoms. The van der Waals surface area contributed by atoms with Crippen LogP contribution in [-0.4, -0.2) is 14.7 Å². The van der Waals surface area contributed by atoms with E-state index in [2.05, 4.69) is 5.10 Å². The Morgan fingerprint density at radius 3 is 2.45 bits per heavy atom. The molecule has 3 aromatic rings. The number of nitro groups is 1. The summed E-state index contributed by atoms with van der Waals surface area (Å²) in [5.41, 5.74) is 1.28. The van der Waals surface area contributed by atoms with E-state index in [1.54, 1.807) is 12.1 Å². The topological polar surface area (TPSA) is 61.0 Å². The van der Waals surface area contributed by atoms with Gasteiger partial charge in [-0.3, -0.25) is 10.1 Å². The van der Waals surface area contributed by atoms with Gasteiger partial charge < -0.3 is 0 Å². The highest BCUT2D eigenvalue weighted by Gasteiger charge is 2.23. The van der Waals surface area contributed by atoms with Gasteiger partial charge in [-0.25, -0.2) is 4.68 Å². The molecule has 0 aliphatic carbocycles.